The molecule has 31 heavy (non-hydrogen) atoms. The van der Waals surface area contributed by atoms with E-state index < -0.39 is 0 Å². The molecule has 1 unspecified atom stereocenters. The minimum absolute atomic E-state index is 0.279. The van der Waals surface area contributed by atoms with Crippen LogP contribution in [0.1, 0.15) is 82.8 Å². The first-order valence-corrected chi connectivity index (χ1v) is 12.7. The summed E-state index contributed by atoms with van der Waals surface area (Å²) in [6.45, 7) is 4.43. The van der Waals surface area contributed by atoms with Crippen molar-refractivity contribution in [3.05, 3.63) is 64.4 Å². The number of aryl methyl sites for hydroxylation is 1. The molecule has 0 amide bonds. The average Bonchev–Trinajstić information content (AvgIpc) is 2.82. The number of rotatable bonds is 6. The van der Waals surface area contributed by atoms with Crippen LogP contribution in [0.15, 0.2) is 42.5 Å². The Kier molecular flexibility index (Phi) is 7.54. The molecular formula is C29H36ClF. The van der Waals surface area contributed by atoms with Crippen LogP contribution in [-0.2, 0) is 6.42 Å². The number of allylic oxidation sites excluding steroid dienone is 2. The topological polar surface area (TPSA) is 0 Å². The lowest BCUT2D eigenvalue weighted by Gasteiger charge is -2.35. The zero-order valence-electron chi connectivity index (χ0n) is 19.1. The average molecular weight is 439 g/mol. The van der Waals surface area contributed by atoms with Gasteiger partial charge in [-0.3, -0.25) is 0 Å². The van der Waals surface area contributed by atoms with Crippen molar-refractivity contribution in [2.45, 2.75) is 78.1 Å². The van der Waals surface area contributed by atoms with Gasteiger partial charge in [0.15, 0.2) is 0 Å². The van der Waals surface area contributed by atoms with Gasteiger partial charge in [-0.2, -0.15) is 0 Å². The van der Waals surface area contributed by atoms with Crippen LogP contribution < -0.4 is 0 Å². The van der Waals surface area contributed by atoms with E-state index in [-0.39, 0.29) is 10.8 Å². The van der Waals surface area contributed by atoms with Crippen LogP contribution in [0.5, 0.6) is 0 Å². The first-order chi connectivity index (χ1) is 15.1. The largest absolute Gasteiger partial charge is 0.205 e. The van der Waals surface area contributed by atoms with Gasteiger partial charge in [-0.25, -0.2) is 4.39 Å². The molecule has 1 fully saturated rings. The van der Waals surface area contributed by atoms with Gasteiger partial charge in [0.25, 0.3) is 0 Å². The van der Waals surface area contributed by atoms with Crippen molar-refractivity contribution in [1.82, 2.24) is 0 Å². The van der Waals surface area contributed by atoms with Crippen LogP contribution >= 0.6 is 11.6 Å². The highest BCUT2D eigenvalue weighted by atomic mass is 35.5. The number of halogens is 2. The molecule has 2 aromatic carbocycles. The van der Waals surface area contributed by atoms with Gasteiger partial charge in [0.2, 0.25) is 0 Å². The second kappa shape index (κ2) is 10.3. The van der Waals surface area contributed by atoms with Gasteiger partial charge >= 0.3 is 0 Å². The smallest absolute Gasteiger partial charge is 0.150 e. The van der Waals surface area contributed by atoms with Crippen LogP contribution in [0, 0.1) is 23.6 Å². The molecule has 2 heteroatoms. The molecule has 0 N–H and O–H groups in total. The van der Waals surface area contributed by atoms with Crippen LogP contribution in [-0.4, -0.2) is 0 Å². The Labute approximate surface area is 192 Å². The van der Waals surface area contributed by atoms with E-state index in [2.05, 4.69) is 32.1 Å². The highest BCUT2D eigenvalue weighted by Gasteiger charge is 2.29. The third-order valence-electron chi connectivity index (χ3n) is 7.81. The summed E-state index contributed by atoms with van der Waals surface area (Å²) in [5, 5.41) is 0.279. The van der Waals surface area contributed by atoms with Crippen molar-refractivity contribution in [3.8, 4) is 11.1 Å². The van der Waals surface area contributed by atoms with E-state index >= 15 is 4.39 Å². The Morgan fingerprint density at radius 2 is 1.58 bits per heavy atom. The molecule has 0 saturated heterocycles. The fraction of sp³-hybridized carbons (Fsp3) is 0.517. The third-order valence-corrected chi connectivity index (χ3v) is 8.18. The van der Waals surface area contributed by atoms with Crippen molar-refractivity contribution in [2.75, 3.05) is 0 Å². The predicted octanol–water partition coefficient (Wildman–Crippen LogP) is 9.50. The molecule has 0 radical (unpaired) electrons. The van der Waals surface area contributed by atoms with E-state index in [4.69, 9.17) is 11.6 Å². The second-order valence-electron chi connectivity index (χ2n) is 9.67. The maximum atomic E-state index is 15.2. The lowest BCUT2D eigenvalue weighted by Crippen LogP contribution is -2.23. The molecule has 0 aromatic heterocycles. The van der Waals surface area contributed by atoms with Crippen molar-refractivity contribution in [1.29, 1.82) is 0 Å². The van der Waals surface area contributed by atoms with Gasteiger partial charge in [0.05, 0.1) is 5.02 Å². The molecule has 4 rings (SSSR count). The van der Waals surface area contributed by atoms with E-state index in [1.165, 1.54) is 56.1 Å². The van der Waals surface area contributed by atoms with Crippen molar-refractivity contribution >= 4 is 17.2 Å². The van der Waals surface area contributed by atoms with Gasteiger partial charge in [0.1, 0.15) is 5.82 Å². The minimum Gasteiger partial charge on any atom is -0.205 e. The summed E-state index contributed by atoms with van der Waals surface area (Å²) in [4.78, 5) is 0. The lowest BCUT2D eigenvalue weighted by atomic mass is 9.70. The summed E-state index contributed by atoms with van der Waals surface area (Å²) < 4.78 is 15.2. The Balaban J connectivity index is 1.45. The number of benzene rings is 2. The standard InChI is InChI=1S/C29H36ClF/c1-3-5-21-8-10-22(11-9-21)23-14-16-24(17-15-23)26-18-19-27(29(31)28(26)30)25-12-6-20(4-2)7-13-25/h6-7,12-13,16,18-19,21-23H,3-5,8-11,14-15,17H2,1-2H3. The lowest BCUT2D eigenvalue weighted by molar-refractivity contribution is 0.189. The summed E-state index contributed by atoms with van der Waals surface area (Å²) >= 11 is 6.56. The predicted molar refractivity (Wildman–Crippen MR) is 132 cm³/mol. The van der Waals surface area contributed by atoms with Gasteiger partial charge in [-0.15, -0.1) is 0 Å². The van der Waals surface area contributed by atoms with Gasteiger partial charge in [0, 0.05) is 5.56 Å². The zero-order chi connectivity index (χ0) is 21.8. The Hall–Kier alpha value is -1.60. The second-order valence-corrected chi connectivity index (χ2v) is 10.1. The first-order valence-electron chi connectivity index (χ1n) is 12.4. The van der Waals surface area contributed by atoms with Crippen LogP contribution in [0.25, 0.3) is 16.7 Å². The monoisotopic (exact) mass is 438 g/mol. The highest BCUT2D eigenvalue weighted by molar-refractivity contribution is 6.32. The van der Waals surface area contributed by atoms with E-state index in [1.807, 2.05) is 24.3 Å². The van der Waals surface area contributed by atoms with Crippen LogP contribution in [0.2, 0.25) is 5.02 Å². The van der Waals surface area contributed by atoms with Crippen molar-refractivity contribution in [3.63, 3.8) is 0 Å². The molecular weight excluding hydrogens is 403 g/mol. The Bertz CT molecular complexity index is 903. The Morgan fingerprint density at radius 3 is 2.19 bits per heavy atom. The van der Waals surface area contributed by atoms with E-state index in [0.29, 0.717) is 5.56 Å². The summed E-state index contributed by atoms with van der Waals surface area (Å²) in [5.41, 5.74) is 4.85. The number of hydrogen-bond donors (Lipinski definition) is 0. The maximum Gasteiger partial charge on any atom is 0.150 e. The molecule has 0 heterocycles. The van der Waals surface area contributed by atoms with E-state index in [9.17, 15) is 0 Å². The third kappa shape index (κ3) is 5.08. The highest BCUT2D eigenvalue weighted by Crippen LogP contribution is 2.43. The molecule has 2 aromatic rings. The fourth-order valence-electron chi connectivity index (χ4n) is 5.82. The number of hydrogen-bond acceptors (Lipinski definition) is 0. The molecule has 0 bridgehead atoms. The van der Waals surface area contributed by atoms with E-state index in [1.54, 1.807) is 0 Å². The van der Waals surface area contributed by atoms with Gasteiger partial charge in [-0.1, -0.05) is 93.6 Å². The molecule has 1 saturated carbocycles. The first kappa shape index (κ1) is 22.6. The molecule has 2 aliphatic carbocycles. The molecule has 0 spiro atoms. The van der Waals surface area contributed by atoms with Gasteiger partial charge < -0.3 is 0 Å². The molecule has 2 aliphatic rings. The van der Waals surface area contributed by atoms with Gasteiger partial charge in [-0.05, 0) is 78.5 Å². The minimum atomic E-state index is -0.291. The quantitative estimate of drug-likeness (QED) is 0.421. The molecule has 0 aliphatic heterocycles. The summed E-state index contributed by atoms with van der Waals surface area (Å²) in [6.07, 6.45) is 15.1. The van der Waals surface area contributed by atoms with Crippen molar-refractivity contribution < 1.29 is 4.39 Å². The molecule has 1 atom stereocenters. The van der Waals surface area contributed by atoms with Crippen LogP contribution in [0.3, 0.4) is 0 Å². The Morgan fingerprint density at radius 1 is 0.871 bits per heavy atom. The maximum absolute atomic E-state index is 15.2. The normalized spacial score (nSPS) is 24.1. The van der Waals surface area contributed by atoms with E-state index in [0.717, 1.165) is 48.1 Å². The SMILES string of the molecule is CCCC1CCC(C2CC=C(c3ccc(-c4ccc(CC)cc4)c(F)c3Cl)CC2)CC1. The zero-order valence-corrected chi connectivity index (χ0v) is 19.9. The van der Waals surface area contributed by atoms with Crippen molar-refractivity contribution in [2.24, 2.45) is 17.8 Å². The van der Waals surface area contributed by atoms with Crippen LogP contribution in [0.4, 0.5) is 4.39 Å². The summed E-state index contributed by atoms with van der Waals surface area (Å²) in [6, 6.07) is 12.0. The summed E-state index contributed by atoms with van der Waals surface area (Å²) in [7, 11) is 0. The molecule has 166 valence electrons. The fourth-order valence-corrected chi connectivity index (χ4v) is 6.11. The molecule has 0 nitrogen and oxygen atoms in total. The summed E-state index contributed by atoms with van der Waals surface area (Å²) in [5.74, 6) is 2.35.